The standard InChI is InChI=1S/C26H22N6O/c1-16-12-13-19(14-17(16)2)29-26(33)22-23-25(31-21-11-7-6-10-20(21)30-23)32(24(22)27)28-15-18-8-4-3-5-9-18/h3-15H,27H2,1-2H3,(H,29,33)/b28-15-. The van der Waals surface area contributed by atoms with E-state index in [9.17, 15) is 4.79 Å². The fraction of sp³-hybridized carbons (Fsp3) is 0.0769. The highest BCUT2D eigenvalue weighted by atomic mass is 16.1. The number of para-hydroxylation sites is 2. The summed E-state index contributed by atoms with van der Waals surface area (Å²) in [6.07, 6.45) is 1.68. The number of amides is 1. The van der Waals surface area contributed by atoms with E-state index in [1.807, 2.05) is 86.6 Å². The minimum atomic E-state index is -0.362. The molecule has 5 aromatic rings. The van der Waals surface area contributed by atoms with Crippen LogP contribution in [0.1, 0.15) is 27.0 Å². The van der Waals surface area contributed by atoms with E-state index in [-0.39, 0.29) is 17.3 Å². The number of benzene rings is 3. The number of hydrogen-bond donors (Lipinski definition) is 2. The first-order chi connectivity index (χ1) is 16.0. The summed E-state index contributed by atoms with van der Waals surface area (Å²) in [4.78, 5) is 22.8. The molecule has 0 radical (unpaired) electrons. The van der Waals surface area contributed by atoms with Gasteiger partial charge in [0, 0.05) is 5.69 Å². The maximum absolute atomic E-state index is 13.3. The Morgan fingerprint density at radius 1 is 0.939 bits per heavy atom. The van der Waals surface area contributed by atoms with E-state index in [1.54, 1.807) is 6.21 Å². The van der Waals surface area contributed by atoms with Crippen molar-refractivity contribution in [1.29, 1.82) is 0 Å². The van der Waals surface area contributed by atoms with Gasteiger partial charge in [-0.1, -0.05) is 48.5 Å². The molecule has 162 valence electrons. The van der Waals surface area contributed by atoms with Crippen LogP contribution in [0.2, 0.25) is 0 Å². The van der Waals surface area contributed by atoms with Crippen LogP contribution in [0.25, 0.3) is 22.2 Å². The van der Waals surface area contributed by atoms with Gasteiger partial charge in [-0.25, -0.2) is 9.97 Å². The van der Waals surface area contributed by atoms with E-state index in [1.165, 1.54) is 4.68 Å². The van der Waals surface area contributed by atoms with Crippen molar-refractivity contribution in [3.05, 3.63) is 95.1 Å². The van der Waals surface area contributed by atoms with Gasteiger partial charge in [-0.2, -0.15) is 9.78 Å². The molecular formula is C26H22N6O. The number of anilines is 2. The van der Waals surface area contributed by atoms with E-state index in [0.29, 0.717) is 27.9 Å². The number of aryl methyl sites for hydroxylation is 2. The average molecular weight is 435 g/mol. The number of carbonyl (C=O) groups is 1. The molecule has 2 heterocycles. The van der Waals surface area contributed by atoms with Crippen LogP contribution in [0.3, 0.4) is 0 Å². The zero-order valence-corrected chi connectivity index (χ0v) is 18.3. The normalized spacial score (nSPS) is 11.5. The highest BCUT2D eigenvalue weighted by Crippen LogP contribution is 2.29. The molecule has 0 bridgehead atoms. The lowest BCUT2D eigenvalue weighted by Crippen LogP contribution is -2.14. The molecule has 0 saturated carbocycles. The topological polar surface area (TPSA) is 98.2 Å². The van der Waals surface area contributed by atoms with E-state index >= 15 is 0 Å². The van der Waals surface area contributed by atoms with E-state index in [2.05, 4.69) is 10.4 Å². The first-order valence-electron chi connectivity index (χ1n) is 10.6. The molecule has 1 amide bonds. The Morgan fingerprint density at radius 3 is 2.36 bits per heavy atom. The number of aromatic nitrogens is 3. The van der Waals surface area contributed by atoms with Crippen LogP contribution in [-0.2, 0) is 0 Å². The van der Waals surface area contributed by atoms with Crippen LogP contribution in [0, 0.1) is 13.8 Å². The highest BCUT2D eigenvalue weighted by Gasteiger charge is 2.24. The molecule has 3 N–H and O–H groups in total. The van der Waals surface area contributed by atoms with Gasteiger partial charge < -0.3 is 11.1 Å². The molecule has 2 aromatic heterocycles. The van der Waals surface area contributed by atoms with Crippen LogP contribution in [0.4, 0.5) is 11.5 Å². The van der Waals surface area contributed by atoms with E-state index in [0.717, 1.165) is 16.7 Å². The van der Waals surface area contributed by atoms with Crippen molar-refractivity contribution in [1.82, 2.24) is 14.6 Å². The Bertz CT molecular complexity index is 1540. The third-order valence-electron chi connectivity index (χ3n) is 5.59. The average Bonchev–Trinajstić information content (AvgIpc) is 3.09. The monoisotopic (exact) mass is 434 g/mol. The lowest BCUT2D eigenvalue weighted by molar-refractivity contribution is 0.102. The van der Waals surface area contributed by atoms with Gasteiger partial charge in [0.15, 0.2) is 5.65 Å². The third kappa shape index (κ3) is 3.80. The van der Waals surface area contributed by atoms with Crippen molar-refractivity contribution in [3.8, 4) is 0 Å². The molecule has 0 unspecified atom stereocenters. The van der Waals surface area contributed by atoms with E-state index < -0.39 is 0 Å². The van der Waals surface area contributed by atoms with Crippen molar-refractivity contribution in [2.45, 2.75) is 13.8 Å². The number of nitrogen functional groups attached to an aromatic ring is 1. The Kier molecular flexibility index (Phi) is 5.06. The molecule has 0 aliphatic rings. The number of rotatable bonds is 4. The highest BCUT2D eigenvalue weighted by molar-refractivity contribution is 6.16. The maximum Gasteiger partial charge on any atom is 0.261 e. The second kappa shape index (κ2) is 8.20. The molecule has 3 aromatic carbocycles. The summed E-state index contributed by atoms with van der Waals surface area (Å²) < 4.78 is 1.47. The van der Waals surface area contributed by atoms with Crippen LogP contribution in [0.5, 0.6) is 0 Å². The van der Waals surface area contributed by atoms with Crippen LogP contribution < -0.4 is 11.1 Å². The molecule has 5 rings (SSSR count). The summed E-state index contributed by atoms with van der Waals surface area (Å²) >= 11 is 0. The van der Waals surface area contributed by atoms with Gasteiger partial charge >= 0.3 is 0 Å². The zero-order valence-electron chi connectivity index (χ0n) is 18.3. The maximum atomic E-state index is 13.3. The summed E-state index contributed by atoms with van der Waals surface area (Å²) in [6.45, 7) is 4.03. The number of carbonyl (C=O) groups excluding carboxylic acids is 1. The van der Waals surface area contributed by atoms with Crippen molar-refractivity contribution in [3.63, 3.8) is 0 Å². The molecule has 0 atom stereocenters. The molecule has 0 aliphatic carbocycles. The number of nitrogens with two attached hydrogens (primary N) is 1. The van der Waals surface area contributed by atoms with Gasteiger partial charge in [-0.15, -0.1) is 0 Å². The molecule has 7 nitrogen and oxygen atoms in total. The quantitative estimate of drug-likeness (QED) is 0.392. The van der Waals surface area contributed by atoms with Crippen molar-refractivity contribution in [2.24, 2.45) is 5.10 Å². The van der Waals surface area contributed by atoms with Crippen LogP contribution in [-0.4, -0.2) is 26.8 Å². The molecule has 0 spiro atoms. The predicted octanol–water partition coefficient (Wildman–Crippen LogP) is 4.92. The lowest BCUT2D eigenvalue weighted by atomic mass is 10.1. The molecule has 0 aliphatic heterocycles. The molecule has 7 heteroatoms. The minimum Gasteiger partial charge on any atom is -0.383 e. The molecule has 0 fully saturated rings. The van der Waals surface area contributed by atoms with Crippen LogP contribution in [0.15, 0.2) is 77.9 Å². The fourth-order valence-corrected chi connectivity index (χ4v) is 3.66. The summed E-state index contributed by atoms with van der Waals surface area (Å²) in [5.41, 5.74) is 12.7. The smallest absolute Gasteiger partial charge is 0.261 e. The third-order valence-corrected chi connectivity index (χ3v) is 5.59. The summed E-state index contributed by atoms with van der Waals surface area (Å²) in [6, 6.07) is 22.9. The summed E-state index contributed by atoms with van der Waals surface area (Å²) in [5, 5.41) is 7.47. The first kappa shape index (κ1) is 20.4. The second-order valence-electron chi connectivity index (χ2n) is 7.86. The van der Waals surface area contributed by atoms with Crippen LogP contribution >= 0.6 is 0 Å². The van der Waals surface area contributed by atoms with Gasteiger partial charge in [-0.3, -0.25) is 4.79 Å². The number of hydrogen-bond acceptors (Lipinski definition) is 5. The SMILES string of the molecule is Cc1ccc(NC(=O)c2c(N)n(/N=C\c3ccccc3)c3nc4ccccc4nc23)cc1C. The molecular weight excluding hydrogens is 412 g/mol. The van der Waals surface area contributed by atoms with Gasteiger partial charge in [0.2, 0.25) is 0 Å². The second-order valence-corrected chi connectivity index (χ2v) is 7.86. The van der Waals surface area contributed by atoms with Gasteiger partial charge in [0.1, 0.15) is 16.9 Å². The fourth-order valence-electron chi connectivity index (χ4n) is 3.66. The first-order valence-corrected chi connectivity index (χ1v) is 10.6. The number of fused-ring (bicyclic) bond motifs is 2. The Balaban J connectivity index is 1.66. The minimum absolute atomic E-state index is 0.175. The van der Waals surface area contributed by atoms with Gasteiger partial charge in [0.25, 0.3) is 5.91 Å². The van der Waals surface area contributed by atoms with Gasteiger partial charge in [-0.05, 0) is 54.8 Å². The lowest BCUT2D eigenvalue weighted by Gasteiger charge is -2.08. The Morgan fingerprint density at radius 2 is 1.64 bits per heavy atom. The Hall–Kier alpha value is -4.52. The van der Waals surface area contributed by atoms with E-state index in [4.69, 9.17) is 15.7 Å². The summed E-state index contributed by atoms with van der Waals surface area (Å²) in [7, 11) is 0. The number of nitrogens with zero attached hydrogens (tertiary/aromatic N) is 4. The number of nitrogens with one attached hydrogen (secondary N) is 1. The molecule has 0 saturated heterocycles. The van der Waals surface area contributed by atoms with Crippen molar-refractivity contribution < 1.29 is 4.79 Å². The largest absolute Gasteiger partial charge is 0.383 e. The predicted molar refractivity (Wildman–Crippen MR) is 133 cm³/mol. The van der Waals surface area contributed by atoms with Crippen molar-refractivity contribution >= 4 is 45.8 Å². The van der Waals surface area contributed by atoms with Crippen molar-refractivity contribution in [2.75, 3.05) is 11.1 Å². The zero-order chi connectivity index (χ0) is 22.9. The Labute approximate surface area is 190 Å². The van der Waals surface area contributed by atoms with Gasteiger partial charge in [0.05, 0.1) is 17.2 Å². The summed E-state index contributed by atoms with van der Waals surface area (Å²) in [5.74, 6) is -0.187. The molecule has 33 heavy (non-hydrogen) atoms.